The molecule has 17 heteroatoms. The van der Waals surface area contributed by atoms with Crippen LogP contribution in [0, 0.1) is 0 Å². The van der Waals surface area contributed by atoms with Gasteiger partial charge >= 0.3 is 11.9 Å². The molecule has 0 amide bonds. The maximum atomic E-state index is 11.4. The molecule has 0 aliphatic carbocycles. The molecular weight excluding hydrogens is 648 g/mol. The smallest absolute Gasteiger partial charge is 0.358 e. The Balaban J connectivity index is 0.000000289. The molecule has 0 aliphatic heterocycles. The fraction of sp³-hybridized carbons (Fsp3) is 0.375. The number of rotatable bonds is 16. The number of hydrogen-bond donors (Lipinski definition) is 4. The van der Waals surface area contributed by atoms with Gasteiger partial charge in [0.2, 0.25) is 0 Å². The van der Waals surface area contributed by atoms with Crippen LogP contribution in [-0.2, 0) is 28.4 Å². The van der Waals surface area contributed by atoms with Crippen molar-refractivity contribution < 1.29 is 63.2 Å². The lowest BCUT2D eigenvalue weighted by atomic mass is 10.3. The fourth-order valence-electron chi connectivity index (χ4n) is 3.61. The molecule has 17 nitrogen and oxygen atoms in total. The summed E-state index contributed by atoms with van der Waals surface area (Å²) in [6.07, 6.45) is 3.07. The van der Waals surface area contributed by atoms with E-state index in [0.29, 0.717) is 63.4 Å². The Hall–Kier alpha value is -5.20. The molecule has 4 rings (SSSR count). The number of phenols is 3. The second-order valence-corrected chi connectivity index (χ2v) is 9.38. The van der Waals surface area contributed by atoms with Crippen molar-refractivity contribution in [2.75, 3.05) is 81.3 Å². The van der Waals surface area contributed by atoms with Gasteiger partial charge in [0.25, 0.3) is 0 Å². The summed E-state index contributed by atoms with van der Waals surface area (Å²) in [6, 6.07) is 11.9. The first-order valence-electron chi connectivity index (χ1n) is 14.7. The number of benzene rings is 2. The number of aliphatic hydroxyl groups is 1. The van der Waals surface area contributed by atoms with Gasteiger partial charge in [-0.15, -0.1) is 0 Å². The number of phenolic OH excluding ortho intramolecular Hbond substituents is 3. The molecule has 0 saturated carbocycles. The number of aliphatic hydroxyl groups excluding tert-OH is 1. The standard InChI is InChI=1S/C16H20N2O6.C11H10N2O4.C5H12O3/c1-21-7-8-23-9-10-24-12-3-4-14(15(19)11-12)18-6-5-13(17-18)16(20)22-2;1-17-11(16)8-4-5-13(12-8)9-3-2-7(14)6-10(9)15;1-7-4-5-8-3-2-6/h3-6,11,19H,7-10H2,1-2H3;2-6,14-15H,1H3;6H,2-5H2,1H3. The van der Waals surface area contributed by atoms with Gasteiger partial charge in [-0.3, -0.25) is 0 Å². The average Bonchev–Trinajstić information content (AvgIpc) is 3.79. The van der Waals surface area contributed by atoms with Gasteiger partial charge in [0.05, 0.1) is 60.5 Å². The van der Waals surface area contributed by atoms with E-state index in [1.807, 2.05) is 0 Å². The SMILES string of the molecule is COC(=O)c1ccn(-c2ccc(O)cc2O)n1.COCCOCCO.COCCOCCOc1ccc(-n2ccc(C(=O)OC)n2)c(O)c1. The van der Waals surface area contributed by atoms with Crippen LogP contribution in [0.3, 0.4) is 0 Å². The summed E-state index contributed by atoms with van der Waals surface area (Å²) in [7, 11) is 5.77. The van der Waals surface area contributed by atoms with E-state index in [-0.39, 0.29) is 35.2 Å². The number of nitrogens with zero attached hydrogens (tertiary/aromatic N) is 4. The molecule has 0 saturated heterocycles. The minimum atomic E-state index is -0.554. The van der Waals surface area contributed by atoms with Crippen molar-refractivity contribution in [3.8, 4) is 34.4 Å². The van der Waals surface area contributed by atoms with Crippen LogP contribution in [0.25, 0.3) is 11.4 Å². The maximum absolute atomic E-state index is 11.4. The first kappa shape index (κ1) is 40.0. The van der Waals surface area contributed by atoms with Crippen molar-refractivity contribution in [1.82, 2.24) is 19.6 Å². The largest absolute Gasteiger partial charge is 0.508 e. The Morgan fingerprint density at radius 3 is 1.59 bits per heavy atom. The van der Waals surface area contributed by atoms with E-state index in [9.17, 15) is 19.8 Å². The van der Waals surface area contributed by atoms with Gasteiger partial charge < -0.3 is 53.6 Å². The molecule has 0 fully saturated rings. The lowest BCUT2D eigenvalue weighted by Gasteiger charge is -2.09. The summed E-state index contributed by atoms with van der Waals surface area (Å²) in [4.78, 5) is 22.6. The molecule has 0 bridgehead atoms. The third-order valence-corrected chi connectivity index (χ3v) is 5.96. The molecule has 4 aromatic rings. The lowest BCUT2D eigenvalue weighted by molar-refractivity contribution is 0.0500. The molecule has 0 unspecified atom stereocenters. The van der Waals surface area contributed by atoms with Crippen molar-refractivity contribution >= 4 is 11.9 Å². The Bertz CT molecular complexity index is 1550. The monoisotopic (exact) mass is 690 g/mol. The van der Waals surface area contributed by atoms with Gasteiger partial charge in [-0.05, 0) is 36.4 Å². The topological polar surface area (TPSA) is 215 Å². The molecule has 4 N–H and O–H groups in total. The van der Waals surface area contributed by atoms with Crippen LogP contribution in [0.5, 0.6) is 23.0 Å². The zero-order chi connectivity index (χ0) is 36.0. The third-order valence-electron chi connectivity index (χ3n) is 5.96. The molecule has 0 atom stereocenters. The van der Waals surface area contributed by atoms with E-state index < -0.39 is 11.9 Å². The molecular formula is C32H42N4O13. The number of aromatic hydroxyl groups is 3. The number of carbonyl (C=O) groups excluding carboxylic acids is 2. The molecule has 2 aromatic heterocycles. The predicted molar refractivity (Wildman–Crippen MR) is 173 cm³/mol. The van der Waals surface area contributed by atoms with E-state index in [0.717, 1.165) is 0 Å². The summed E-state index contributed by atoms with van der Waals surface area (Å²) >= 11 is 0. The minimum absolute atomic E-state index is 0.0210. The molecule has 0 aliphatic rings. The Labute approximate surface area is 282 Å². The van der Waals surface area contributed by atoms with Crippen molar-refractivity contribution in [3.63, 3.8) is 0 Å². The Kier molecular flexibility index (Phi) is 18.3. The molecule has 0 spiro atoms. The van der Waals surface area contributed by atoms with Gasteiger partial charge in [-0.1, -0.05) is 0 Å². The van der Waals surface area contributed by atoms with Crippen LogP contribution < -0.4 is 4.74 Å². The highest BCUT2D eigenvalue weighted by Crippen LogP contribution is 2.27. The maximum Gasteiger partial charge on any atom is 0.358 e. The van der Waals surface area contributed by atoms with Crippen molar-refractivity contribution in [2.45, 2.75) is 0 Å². The number of hydrogen-bond acceptors (Lipinski definition) is 15. The second kappa shape index (κ2) is 22.4. The summed E-state index contributed by atoms with van der Waals surface area (Å²) in [6.45, 7) is 3.48. The van der Waals surface area contributed by atoms with Gasteiger partial charge in [-0.25, -0.2) is 19.0 Å². The quantitative estimate of drug-likeness (QED) is 0.0979. The summed E-state index contributed by atoms with van der Waals surface area (Å²) in [5, 5.41) is 45.1. The number of ether oxygens (including phenoxy) is 7. The van der Waals surface area contributed by atoms with Crippen LogP contribution in [0.4, 0.5) is 0 Å². The van der Waals surface area contributed by atoms with E-state index in [1.165, 1.54) is 66.2 Å². The Morgan fingerprint density at radius 1 is 0.633 bits per heavy atom. The molecule has 49 heavy (non-hydrogen) atoms. The molecule has 2 heterocycles. The zero-order valence-corrected chi connectivity index (χ0v) is 27.7. The zero-order valence-electron chi connectivity index (χ0n) is 27.7. The number of esters is 2. The van der Waals surface area contributed by atoms with Crippen LogP contribution in [0.2, 0.25) is 0 Å². The van der Waals surface area contributed by atoms with E-state index >= 15 is 0 Å². The highest BCUT2D eigenvalue weighted by atomic mass is 16.5. The number of carbonyl (C=O) groups is 2. The van der Waals surface area contributed by atoms with Crippen molar-refractivity contribution in [3.05, 3.63) is 72.3 Å². The Morgan fingerprint density at radius 2 is 1.12 bits per heavy atom. The van der Waals surface area contributed by atoms with Gasteiger partial charge in [-0.2, -0.15) is 10.2 Å². The first-order valence-corrected chi connectivity index (χ1v) is 14.7. The van der Waals surface area contributed by atoms with Crippen molar-refractivity contribution in [1.29, 1.82) is 0 Å². The fourth-order valence-corrected chi connectivity index (χ4v) is 3.61. The average molecular weight is 691 g/mol. The van der Waals surface area contributed by atoms with E-state index in [1.54, 1.807) is 32.5 Å². The van der Waals surface area contributed by atoms with Crippen LogP contribution in [-0.4, -0.2) is 133 Å². The summed E-state index contributed by atoms with van der Waals surface area (Å²) in [5.41, 5.74) is 1.08. The molecule has 2 aromatic carbocycles. The van der Waals surface area contributed by atoms with Crippen LogP contribution >= 0.6 is 0 Å². The second-order valence-electron chi connectivity index (χ2n) is 9.38. The van der Waals surface area contributed by atoms with Gasteiger partial charge in [0, 0.05) is 38.7 Å². The number of methoxy groups -OCH3 is 4. The van der Waals surface area contributed by atoms with Crippen LogP contribution in [0.1, 0.15) is 21.0 Å². The van der Waals surface area contributed by atoms with Gasteiger partial charge in [0.15, 0.2) is 11.4 Å². The first-order chi connectivity index (χ1) is 23.7. The van der Waals surface area contributed by atoms with Gasteiger partial charge in [0.1, 0.15) is 41.0 Å². The van der Waals surface area contributed by atoms with E-state index in [4.69, 9.17) is 29.2 Å². The summed E-state index contributed by atoms with van der Waals surface area (Å²) < 4.78 is 37.0. The highest BCUT2D eigenvalue weighted by molar-refractivity contribution is 5.87. The third kappa shape index (κ3) is 13.8. The van der Waals surface area contributed by atoms with E-state index in [2.05, 4.69) is 24.4 Å². The summed E-state index contributed by atoms with van der Waals surface area (Å²) in [5.74, 6) is -0.793. The normalized spacial score (nSPS) is 10.3. The minimum Gasteiger partial charge on any atom is -0.508 e. The lowest BCUT2D eigenvalue weighted by Crippen LogP contribution is -2.10. The molecule has 0 radical (unpaired) electrons. The predicted octanol–water partition coefficient (Wildman–Crippen LogP) is 2.12. The van der Waals surface area contributed by atoms with Crippen molar-refractivity contribution in [2.24, 2.45) is 0 Å². The number of aromatic nitrogens is 4. The van der Waals surface area contributed by atoms with Crippen LogP contribution in [0.15, 0.2) is 60.9 Å². The highest BCUT2D eigenvalue weighted by Gasteiger charge is 2.13. The molecule has 268 valence electrons.